The van der Waals surface area contributed by atoms with Gasteiger partial charge in [-0.25, -0.2) is 13.8 Å². The Morgan fingerprint density at radius 1 is 1.03 bits per heavy atom. The fourth-order valence-electron chi connectivity index (χ4n) is 8.70. The number of fused-ring (bicyclic) bond motifs is 1. The first-order valence-electron chi connectivity index (χ1n) is 19.3. The Balaban J connectivity index is 0.974. The van der Waals surface area contributed by atoms with Gasteiger partial charge in [-0.05, 0) is 99.4 Å². The second-order valence-electron chi connectivity index (χ2n) is 15.8. The Morgan fingerprint density at radius 3 is 2.45 bits per heavy atom. The monoisotopic (exact) mass is 808 g/mol. The molecule has 58 heavy (non-hydrogen) atoms. The predicted octanol–water partition coefficient (Wildman–Crippen LogP) is 6.70. The number of nitrogens with zero attached hydrogens (tertiary/aromatic N) is 6. The molecule has 4 aromatic rings. The average Bonchev–Trinajstić information content (AvgIpc) is 3.58. The van der Waals surface area contributed by atoms with E-state index in [0.717, 1.165) is 43.2 Å². The molecular formula is C41H45F5N8O4. The molecule has 3 fully saturated rings. The van der Waals surface area contributed by atoms with Crippen molar-refractivity contribution in [2.75, 3.05) is 48.8 Å². The van der Waals surface area contributed by atoms with Gasteiger partial charge < -0.3 is 15.1 Å². The molecule has 2 atom stereocenters. The number of rotatable bonds is 10. The van der Waals surface area contributed by atoms with E-state index < -0.39 is 54.0 Å². The fraction of sp³-hybridized carbons (Fsp3) is 0.463. The number of anilines is 3. The van der Waals surface area contributed by atoms with Crippen molar-refractivity contribution in [3.63, 3.8) is 0 Å². The maximum absolute atomic E-state index is 16.2. The third-order valence-corrected chi connectivity index (χ3v) is 11.6. The van der Waals surface area contributed by atoms with Gasteiger partial charge in [0.1, 0.15) is 17.4 Å². The highest BCUT2D eigenvalue weighted by atomic mass is 19.4. The number of aromatic nitrogens is 3. The number of carbonyl (C=O) groups excluding carboxylic acids is 4. The lowest BCUT2D eigenvalue weighted by molar-refractivity contribution is -0.141. The van der Waals surface area contributed by atoms with Crippen LogP contribution in [0.3, 0.4) is 0 Å². The summed E-state index contributed by atoms with van der Waals surface area (Å²) in [5, 5.41) is 10.5. The van der Waals surface area contributed by atoms with Gasteiger partial charge in [-0.1, -0.05) is 18.2 Å². The zero-order chi connectivity index (χ0) is 41.5. The second-order valence-corrected chi connectivity index (χ2v) is 15.8. The molecule has 3 aliphatic rings. The minimum atomic E-state index is -4.68. The van der Waals surface area contributed by atoms with E-state index in [4.69, 9.17) is 5.10 Å². The van der Waals surface area contributed by atoms with Gasteiger partial charge in [-0.15, -0.1) is 0 Å². The molecule has 7 rings (SSSR count). The number of alkyl halides is 5. The molecule has 308 valence electrons. The van der Waals surface area contributed by atoms with E-state index in [1.807, 2.05) is 21.8 Å². The van der Waals surface area contributed by atoms with Crippen molar-refractivity contribution in [1.29, 1.82) is 0 Å². The van der Waals surface area contributed by atoms with Crippen LogP contribution in [-0.2, 0) is 20.6 Å². The van der Waals surface area contributed by atoms with Gasteiger partial charge in [0, 0.05) is 44.3 Å². The number of amides is 4. The first kappa shape index (κ1) is 40.7. The minimum absolute atomic E-state index is 0.0662. The first-order chi connectivity index (χ1) is 27.5. The number of carbonyl (C=O) groups is 4. The van der Waals surface area contributed by atoms with E-state index in [1.54, 1.807) is 50.2 Å². The minimum Gasteiger partial charge on any atom is -0.376 e. The SMILES string of the molecule is Cc1cc2nn(C3CCC(CN4CCC(c5cccc(N(C=O)C6CCC(=O)NC6=O)c5N(C)C)C(F)(F)C4)CC3)cc2cc1NC(=O)c1cccc(C(F)(F)F)n1. The quantitative estimate of drug-likeness (QED) is 0.103. The van der Waals surface area contributed by atoms with Crippen molar-refractivity contribution in [2.24, 2.45) is 5.92 Å². The third kappa shape index (κ3) is 8.40. The summed E-state index contributed by atoms with van der Waals surface area (Å²) in [6.45, 7) is 2.36. The molecular weight excluding hydrogens is 763 g/mol. The summed E-state index contributed by atoms with van der Waals surface area (Å²) >= 11 is 0. The number of hydrogen-bond donors (Lipinski definition) is 2. The first-order valence-corrected chi connectivity index (χ1v) is 19.3. The molecule has 2 saturated heterocycles. The Morgan fingerprint density at radius 2 is 1.78 bits per heavy atom. The average molecular weight is 809 g/mol. The second kappa shape index (κ2) is 16.1. The van der Waals surface area contributed by atoms with Gasteiger partial charge >= 0.3 is 6.18 Å². The molecule has 17 heteroatoms. The number of piperidine rings is 2. The van der Waals surface area contributed by atoms with E-state index in [2.05, 4.69) is 15.6 Å². The molecule has 4 heterocycles. The highest BCUT2D eigenvalue weighted by Crippen LogP contribution is 2.47. The highest BCUT2D eigenvalue weighted by Gasteiger charge is 2.47. The van der Waals surface area contributed by atoms with Crippen LogP contribution in [0.25, 0.3) is 10.9 Å². The van der Waals surface area contributed by atoms with Crippen molar-refractivity contribution < 1.29 is 41.1 Å². The molecule has 0 radical (unpaired) electrons. The lowest BCUT2D eigenvalue weighted by atomic mass is 9.82. The van der Waals surface area contributed by atoms with Gasteiger partial charge in [-0.2, -0.15) is 18.3 Å². The predicted molar refractivity (Wildman–Crippen MR) is 207 cm³/mol. The topological polar surface area (TPSA) is 133 Å². The van der Waals surface area contributed by atoms with Crippen molar-refractivity contribution in [2.45, 2.75) is 82.0 Å². The van der Waals surface area contributed by atoms with E-state index >= 15 is 8.78 Å². The number of para-hydroxylation sites is 1. The van der Waals surface area contributed by atoms with Crippen molar-refractivity contribution in [1.82, 2.24) is 25.0 Å². The number of nitrogens with one attached hydrogen (secondary N) is 2. The van der Waals surface area contributed by atoms with Crippen LogP contribution in [-0.4, -0.2) is 89.5 Å². The lowest BCUT2D eigenvalue weighted by Crippen LogP contribution is -2.52. The number of likely N-dealkylation sites (tertiary alicyclic amines) is 1. The molecule has 1 aliphatic carbocycles. The summed E-state index contributed by atoms with van der Waals surface area (Å²) in [4.78, 5) is 57.9. The van der Waals surface area contributed by atoms with Crippen LogP contribution in [0, 0.1) is 12.8 Å². The van der Waals surface area contributed by atoms with E-state index in [-0.39, 0.29) is 36.9 Å². The maximum atomic E-state index is 16.2. The summed E-state index contributed by atoms with van der Waals surface area (Å²) in [6, 6.07) is 10.8. The van der Waals surface area contributed by atoms with Crippen LogP contribution < -0.4 is 20.4 Å². The number of pyridine rings is 1. The standard InChI is InChI=1S/C41H45F5N8O4/c1-24-18-32-26(19-31(24)48-38(57)30-7-5-9-35(47-30)41(44,45)46)21-54(50-32)27-12-10-25(11-13-27)20-52-17-16-29(40(42,43)22-52)28-6-4-8-33(37(28)51(2)3)53(23-55)34-14-15-36(56)49-39(34)58/h4-9,18-19,21,23,25,27,29,34H,10-17,20,22H2,1-3H3,(H,48,57)(H,49,56,58). The van der Waals surface area contributed by atoms with Crippen molar-refractivity contribution in [3.8, 4) is 0 Å². The smallest absolute Gasteiger partial charge is 0.376 e. The number of benzene rings is 2. The van der Waals surface area contributed by atoms with Gasteiger partial charge in [0.05, 0.1) is 35.4 Å². The Hall–Kier alpha value is -5.45. The van der Waals surface area contributed by atoms with Crippen molar-refractivity contribution in [3.05, 3.63) is 77.2 Å². The van der Waals surface area contributed by atoms with Gasteiger partial charge in [0.2, 0.25) is 18.2 Å². The van der Waals surface area contributed by atoms with Crippen LogP contribution in [0.1, 0.15) is 84.2 Å². The molecule has 2 aliphatic heterocycles. The Labute approximate surface area is 331 Å². The molecule has 2 aromatic heterocycles. The van der Waals surface area contributed by atoms with Crippen LogP contribution >= 0.6 is 0 Å². The largest absolute Gasteiger partial charge is 0.433 e. The summed E-state index contributed by atoms with van der Waals surface area (Å²) in [6.07, 6.45) is 1.37. The number of aryl methyl sites for hydroxylation is 1. The Bertz CT molecular complexity index is 2220. The number of hydrogen-bond acceptors (Lipinski definition) is 8. The molecule has 2 N–H and O–H groups in total. The lowest BCUT2D eigenvalue weighted by Gasteiger charge is -2.42. The van der Waals surface area contributed by atoms with E-state index in [1.165, 1.54) is 11.0 Å². The fourth-order valence-corrected chi connectivity index (χ4v) is 8.70. The Kier molecular flexibility index (Phi) is 11.3. The molecule has 1 saturated carbocycles. The molecule has 0 bridgehead atoms. The van der Waals surface area contributed by atoms with E-state index in [0.29, 0.717) is 53.2 Å². The summed E-state index contributed by atoms with van der Waals surface area (Å²) in [5.74, 6) is -5.75. The summed E-state index contributed by atoms with van der Waals surface area (Å²) < 4.78 is 73.8. The van der Waals surface area contributed by atoms with Gasteiger partial charge in [-0.3, -0.25) is 34.1 Å². The molecule has 2 unspecified atom stereocenters. The highest BCUT2D eigenvalue weighted by molar-refractivity contribution is 6.05. The van der Waals surface area contributed by atoms with Gasteiger partial charge in [0.25, 0.3) is 11.8 Å². The summed E-state index contributed by atoms with van der Waals surface area (Å²) in [7, 11) is 3.43. The maximum Gasteiger partial charge on any atom is 0.433 e. The van der Waals surface area contributed by atoms with Crippen molar-refractivity contribution >= 4 is 52.1 Å². The molecule has 12 nitrogen and oxygen atoms in total. The zero-order valence-electron chi connectivity index (χ0n) is 32.4. The van der Waals surface area contributed by atoms with Crippen LogP contribution in [0.15, 0.2) is 54.7 Å². The van der Waals surface area contributed by atoms with Gasteiger partial charge in [0.15, 0.2) is 0 Å². The van der Waals surface area contributed by atoms with Crippen LogP contribution in [0.2, 0.25) is 0 Å². The summed E-state index contributed by atoms with van der Waals surface area (Å²) in [5.41, 5.74) is 1.49. The normalized spacial score (nSPS) is 22.7. The third-order valence-electron chi connectivity index (χ3n) is 11.6. The van der Waals surface area contributed by atoms with Crippen LogP contribution in [0.4, 0.5) is 39.0 Å². The molecule has 2 aromatic carbocycles. The number of imide groups is 1. The van der Waals surface area contributed by atoms with Crippen LogP contribution in [0.5, 0.6) is 0 Å². The van der Waals surface area contributed by atoms with E-state index in [9.17, 15) is 32.3 Å². The zero-order valence-corrected chi connectivity index (χ0v) is 32.4. The number of halogens is 5. The molecule has 0 spiro atoms. The molecule has 4 amide bonds.